The van der Waals surface area contributed by atoms with Crippen LogP contribution in [0.4, 0.5) is 8.78 Å². The molecule has 0 radical (unpaired) electrons. The minimum Gasteiger partial charge on any atom is -0.493 e. The number of hydrogen-bond donors (Lipinski definition) is 1. The number of rotatable bonds is 2. The second-order valence-corrected chi connectivity index (χ2v) is 11.0. The molecule has 0 saturated heterocycles. The van der Waals surface area contributed by atoms with Gasteiger partial charge >= 0.3 is 5.97 Å². The molecule has 1 atom stereocenters. The molecule has 9 bridgehead atoms. The number of benzene rings is 2. The van der Waals surface area contributed by atoms with E-state index in [1.54, 1.807) is 10.9 Å². The zero-order valence-corrected chi connectivity index (χ0v) is 23.3. The first-order chi connectivity index (χ1) is 20.3. The topological polar surface area (TPSA) is 110 Å². The van der Waals surface area contributed by atoms with Crippen molar-refractivity contribution in [1.82, 2.24) is 24.9 Å². The summed E-state index contributed by atoms with van der Waals surface area (Å²) in [6.45, 7) is 3.26. The normalized spacial score (nSPS) is 17.7. The van der Waals surface area contributed by atoms with Gasteiger partial charge < -0.3 is 14.7 Å². The predicted octanol–water partition coefficient (Wildman–Crippen LogP) is 5.17. The van der Waals surface area contributed by atoms with Crippen LogP contribution in [0.2, 0.25) is 0 Å². The third-order valence-corrected chi connectivity index (χ3v) is 8.27. The number of amides is 1. The van der Waals surface area contributed by atoms with E-state index in [9.17, 15) is 14.7 Å². The van der Waals surface area contributed by atoms with Gasteiger partial charge in [-0.05, 0) is 60.4 Å². The summed E-state index contributed by atoms with van der Waals surface area (Å²) in [6, 6.07) is 7.86. The van der Waals surface area contributed by atoms with Gasteiger partial charge in [-0.1, -0.05) is 29.8 Å². The van der Waals surface area contributed by atoms with Gasteiger partial charge in [0, 0.05) is 43.9 Å². The first-order valence-corrected chi connectivity index (χ1v) is 14.2. The number of pyridine rings is 1. The summed E-state index contributed by atoms with van der Waals surface area (Å²) in [5.74, 6) is -4.09. The summed E-state index contributed by atoms with van der Waals surface area (Å²) >= 11 is 0. The summed E-state index contributed by atoms with van der Waals surface area (Å²) in [6.07, 6.45) is 5.29. The SMILES string of the molecule is Cc1c2cnc3c1nnn3CCCCCCOc1cc(F)c(c(F)c1)C(=O)N1CCc3ccc(cc3C1)C2CC(=O)O. The van der Waals surface area contributed by atoms with E-state index < -0.39 is 35.0 Å². The van der Waals surface area contributed by atoms with E-state index in [0.717, 1.165) is 59.2 Å². The molecule has 0 spiro atoms. The predicted molar refractivity (Wildman–Crippen MR) is 149 cm³/mol. The molecule has 9 rings (SSSR count). The highest BCUT2D eigenvalue weighted by molar-refractivity contribution is 5.95. The van der Waals surface area contributed by atoms with Gasteiger partial charge in [0.15, 0.2) is 5.65 Å². The van der Waals surface area contributed by atoms with Gasteiger partial charge in [-0.2, -0.15) is 0 Å². The molecule has 5 aliphatic rings. The largest absolute Gasteiger partial charge is 0.493 e. The van der Waals surface area contributed by atoms with Crippen molar-refractivity contribution in [2.24, 2.45) is 0 Å². The van der Waals surface area contributed by atoms with Crippen molar-refractivity contribution in [3.8, 4) is 5.75 Å². The summed E-state index contributed by atoms with van der Waals surface area (Å²) < 4.78 is 37.4. The van der Waals surface area contributed by atoms with E-state index in [1.807, 2.05) is 25.1 Å². The molecule has 218 valence electrons. The second kappa shape index (κ2) is 11.5. The Hall–Kier alpha value is -4.41. The van der Waals surface area contributed by atoms with E-state index in [2.05, 4.69) is 15.3 Å². The van der Waals surface area contributed by atoms with Gasteiger partial charge in [-0.25, -0.2) is 18.4 Å². The highest BCUT2D eigenvalue weighted by atomic mass is 19.1. The van der Waals surface area contributed by atoms with Crippen LogP contribution in [0.15, 0.2) is 36.5 Å². The number of aliphatic carboxylic acids is 1. The van der Waals surface area contributed by atoms with Crippen LogP contribution in [0.1, 0.15) is 76.2 Å². The molecule has 7 heterocycles. The van der Waals surface area contributed by atoms with Crippen LogP contribution in [-0.4, -0.2) is 55.0 Å². The summed E-state index contributed by atoms with van der Waals surface area (Å²) in [5.41, 5.74) is 4.79. The lowest BCUT2D eigenvalue weighted by molar-refractivity contribution is -0.137. The molecule has 2 aromatic heterocycles. The Labute approximate surface area is 241 Å². The number of carbonyl (C=O) groups is 2. The Kier molecular flexibility index (Phi) is 7.57. The molecule has 5 aliphatic heterocycles. The maximum atomic E-state index is 15.0. The van der Waals surface area contributed by atoms with E-state index in [0.29, 0.717) is 43.7 Å². The Morgan fingerprint density at radius 1 is 1.07 bits per heavy atom. The Morgan fingerprint density at radius 3 is 2.64 bits per heavy atom. The smallest absolute Gasteiger partial charge is 0.304 e. The van der Waals surface area contributed by atoms with Crippen molar-refractivity contribution >= 4 is 23.0 Å². The number of halogens is 2. The monoisotopic (exact) mass is 575 g/mol. The number of nitrogens with zero attached hydrogens (tertiary/aromatic N) is 5. The van der Waals surface area contributed by atoms with E-state index >= 15 is 8.78 Å². The van der Waals surface area contributed by atoms with E-state index in [1.165, 1.54) is 4.90 Å². The Bertz CT molecular complexity index is 1660. The highest BCUT2D eigenvalue weighted by Gasteiger charge is 2.29. The number of ether oxygens (including phenoxy) is 1. The number of hydrogen-bond acceptors (Lipinski definition) is 6. The fraction of sp³-hybridized carbons (Fsp3) is 0.387. The third-order valence-electron chi connectivity index (χ3n) is 8.27. The van der Waals surface area contributed by atoms with Crippen molar-refractivity contribution in [2.45, 2.75) is 64.5 Å². The Balaban J connectivity index is 1.41. The van der Waals surface area contributed by atoms with Crippen LogP contribution in [0, 0.1) is 18.6 Å². The summed E-state index contributed by atoms with van der Waals surface area (Å²) in [5, 5.41) is 18.5. The van der Waals surface area contributed by atoms with Crippen LogP contribution in [0.25, 0.3) is 11.2 Å². The zero-order chi connectivity index (χ0) is 29.4. The molecule has 1 unspecified atom stereocenters. The first-order valence-electron chi connectivity index (χ1n) is 14.2. The molecule has 42 heavy (non-hydrogen) atoms. The molecule has 1 N–H and O–H groups in total. The van der Waals surface area contributed by atoms with Crippen molar-refractivity contribution in [1.29, 1.82) is 0 Å². The second-order valence-electron chi connectivity index (χ2n) is 11.0. The molecule has 9 nitrogen and oxygen atoms in total. The lowest BCUT2D eigenvalue weighted by Gasteiger charge is -2.30. The highest BCUT2D eigenvalue weighted by Crippen LogP contribution is 2.35. The number of carbonyl (C=O) groups excluding carboxylic acids is 1. The van der Waals surface area contributed by atoms with Crippen LogP contribution >= 0.6 is 0 Å². The first kappa shape index (κ1) is 27.7. The minimum absolute atomic E-state index is 0.0489. The third kappa shape index (κ3) is 5.31. The lowest BCUT2D eigenvalue weighted by atomic mass is 9.84. The van der Waals surface area contributed by atoms with Crippen molar-refractivity contribution in [3.63, 3.8) is 0 Å². The van der Waals surface area contributed by atoms with Gasteiger partial charge in [-0.3, -0.25) is 9.59 Å². The van der Waals surface area contributed by atoms with Gasteiger partial charge in [0.2, 0.25) is 0 Å². The van der Waals surface area contributed by atoms with E-state index in [4.69, 9.17) is 4.74 Å². The van der Waals surface area contributed by atoms with Gasteiger partial charge in [-0.15, -0.1) is 5.10 Å². The van der Waals surface area contributed by atoms with Crippen molar-refractivity contribution in [3.05, 3.63) is 81.5 Å². The summed E-state index contributed by atoms with van der Waals surface area (Å²) in [7, 11) is 0. The standard InChI is InChI=1S/C31H31F2N5O4/c1-18-24-16-34-30-29(18)35-36-38(30)9-4-2-3-5-11-42-22-13-25(32)28(26(33)14-22)31(41)37-10-8-19-6-7-20(12-21(19)17-37)23(24)15-27(39)40/h6-7,12-14,16,23H,2-5,8-11,15,17H2,1H3,(H,39,40). The van der Waals surface area contributed by atoms with Crippen LogP contribution in [-0.2, 0) is 24.3 Å². The van der Waals surface area contributed by atoms with Crippen LogP contribution in [0.5, 0.6) is 5.75 Å². The molecule has 4 aromatic rings. The maximum Gasteiger partial charge on any atom is 0.304 e. The quantitative estimate of drug-likeness (QED) is 0.351. The maximum absolute atomic E-state index is 15.0. The zero-order valence-electron chi connectivity index (χ0n) is 23.3. The van der Waals surface area contributed by atoms with Crippen LogP contribution in [0.3, 0.4) is 0 Å². The average Bonchev–Trinajstić information content (AvgIpc) is 3.38. The lowest BCUT2D eigenvalue weighted by Crippen LogP contribution is -2.37. The number of carboxylic acids is 1. The molecule has 2 aromatic carbocycles. The number of aromatic nitrogens is 4. The fourth-order valence-electron chi connectivity index (χ4n) is 6.00. The van der Waals surface area contributed by atoms with E-state index in [-0.39, 0.29) is 18.7 Å². The van der Waals surface area contributed by atoms with Crippen molar-refractivity contribution in [2.75, 3.05) is 13.2 Å². The molecule has 11 heteroatoms. The molecular weight excluding hydrogens is 544 g/mol. The number of carboxylic acid groups (broad SMARTS) is 1. The Morgan fingerprint density at radius 2 is 1.86 bits per heavy atom. The van der Waals surface area contributed by atoms with Crippen LogP contribution < -0.4 is 4.74 Å². The van der Waals surface area contributed by atoms with Gasteiger partial charge in [0.25, 0.3) is 5.91 Å². The molecular formula is C31H31F2N5O4. The summed E-state index contributed by atoms with van der Waals surface area (Å²) in [4.78, 5) is 31.4. The number of aryl methyl sites for hydroxylation is 2. The molecule has 1 amide bonds. The van der Waals surface area contributed by atoms with Crippen molar-refractivity contribution < 1.29 is 28.2 Å². The average molecular weight is 576 g/mol. The van der Waals surface area contributed by atoms with Gasteiger partial charge in [0.05, 0.1) is 13.0 Å². The van der Waals surface area contributed by atoms with Gasteiger partial charge in [0.1, 0.15) is 28.5 Å². The molecule has 0 aliphatic carbocycles. The minimum atomic E-state index is -0.964. The molecule has 0 fully saturated rings. The molecule has 0 saturated carbocycles. The fourth-order valence-corrected chi connectivity index (χ4v) is 6.00.